The number of hydrogen-bond acceptors (Lipinski definition) is 3. The predicted molar refractivity (Wildman–Crippen MR) is 84.0 cm³/mol. The van der Waals surface area contributed by atoms with Crippen LogP contribution in [0.4, 0.5) is 0 Å². The van der Waals surface area contributed by atoms with Gasteiger partial charge in [-0.1, -0.05) is 30.3 Å². The molecule has 0 aromatic heterocycles. The molecule has 1 aromatic rings. The van der Waals surface area contributed by atoms with Crippen molar-refractivity contribution in [2.45, 2.75) is 44.7 Å². The number of carbonyl (C=O) groups is 1. The van der Waals surface area contributed by atoms with E-state index in [2.05, 4.69) is 12.1 Å². The van der Waals surface area contributed by atoms with Crippen molar-refractivity contribution < 1.29 is 9.53 Å². The van der Waals surface area contributed by atoms with Crippen LogP contribution in [0.15, 0.2) is 30.3 Å². The normalized spacial score (nSPS) is 20.3. The second-order valence-corrected chi connectivity index (χ2v) is 5.80. The molecule has 2 unspecified atom stereocenters. The molecule has 1 aliphatic rings. The molecule has 1 aliphatic heterocycles. The van der Waals surface area contributed by atoms with Crippen LogP contribution in [-0.4, -0.2) is 42.6 Å². The summed E-state index contributed by atoms with van der Waals surface area (Å²) >= 11 is 0. The molecule has 1 fully saturated rings. The minimum absolute atomic E-state index is 0.0265. The van der Waals surface area contributed by atoms with Gasteiger partial charge in [-0.15, -0.1) is 0 Å². The van der Waals surface area contributed by atoms with Crippen molar-refractivity contribution in [2.24, 2.45) is 5.73 Å². The van der Waals surface area contributed by atoms with Crippen molar-refractivity contribution in [3.05, 3.63) is 35.9 Å². The fraction of sp³-hybridized carbons (Fsp3) is 0.588. The number of hydrogen-bond donors (Lipinski definition) is 1. The summed E-state index contributed by atoms with van der Waals surface area (Å²) < 4.78 is 5.55. The third-order valence-corrected chi connectivity index (χ3v) is 4.08. The first kappa shape index (κ1) is 16.0. The number of rotatable bonds is 6. The minimum Gasteiger partial charge on any atom is -0.371 e. The van der Waals surface area contributed by atoms with E-state index in [0.717, 1.165) is 32.2 Å². The molecule has 2 rings (SSSR count). The van der Waals surface area contributed by atoms with Gasteiger partial charge in [0.05, 0.1) is 6.61 Å². The van der Waals surface area contributed by atoms with Crippen LogP contribution >= 0.6 is 0 Å². The zero-order valence-corrected chi connectivity index (χ0v) is 12.8. The van der Waals surface area contributed by atoms with Crippen molar-refractivity contribution in [1.29, 1.82) is 0 Å². The Kier molecular flexibility index (Phi) is 6.21. The van der Waals surface area contributed by atoms with Crippen molar-refractivity contribution in [2.75, 3.05) is 19.8 Å². The Hall–Kier alpha value is -1.39. The third-order valence-electron chi connectivity index (χ3n) is 4.08. The van der Waals surface area contributed by atoms with E-state index in [4.69, 9.17) is 10.5 Å². The van der Waals surface area contributed by atoms with E-state index in [-0.39, 0.29) is 24.6 Å². The van der Waals surface area contributed by atoms with Crippen LogP contribution in [0.25, 0.3) is 0 Å². The first-order valence-electron chi connectivity index (χ1n) is 7.85. The number of likely N-dealkylation sites (tertiary alicyclic amines) is 1. The van der Waals surface area contributed by atoms with Gasteiger partial charge in [-0.2, -0.15) is 0 Å². The molecule has 0 saturated carbocycles. The Balaban J connectivity index is 1.73. The maximum absolute atomic E-state index is 12.3. The second-order valence-electron chi connectivity index (χ2n) is 5.80. The number of ether oxygens (including phenoxy) is 1. The van der Waals surface area contributed by atoms with Gasteiger partial charge in [-0.05, 0) is 38.2 Å². The van der Waals surface area contributed by atoms with E-state index in [1.807, 2.05) is 30.0 Å². The predicted octanol–water partition coefficient (Wildman–Crippen LogP) is 1.97. The first-order valence-corrected chi connectivity index (χ1v) is 7.85. The Morgan fingerprint density at radius 1 is 1.38 bits per heavy atom. The van der Waals surface area contributed by atoms with E-state index in [9.17, 15) is 4.79 Å². The van der Waals surface area contributed by atoms with Crippen LogP contribution in [0, 0.1) is 0 Å². The highest BCUT2D eigenvalue weighted by Crippen LogP contribution is 2.19. The largest absolute Gasteiger partial charge is 0.371 e. The molecule has 116 valence electrons. The molecular weight excluding hydrogens is 264 g/mol. The van der Waals surface area contributed by atoms with Crippen LogP contribution in [0.3, 0.4) is 0 Å². The number of amides is 1. The van der Waals surface area contributed by atoms with Gasteiger partial charge in [0.15, 0.2) is 0 Å². The van der Waals surface area contributed by atoms with Crippen molar-refractivity contribution >= 4 is 5.91 Å². The van der Waals surface area contributed by atoms with Gasteiger partial charge in [0.1, 0.15) is 6.61 Å². The Morgan fingerprint density at radius 2 is 2.14 bits per heavy atom. The molecule has 0 radical (unpaired) electrons. The lowest BCUT2D eigenvalue weighted by Crippen LogP contribution is -2.52. The van der Waals surface area contributed by atoms with Gasteiger partial charge in [-0.3, -0.25) is 4.79 Å². The summed E-state index contributed by atoms with van der Waals surface area (Å²) in [7, 11) is 0. The highest BCUT2D eigenvalue weighted by Gasteiger charge is 2.28. The summed E-state index contributed by atoms with van der Waals surface area (Å²) in [4.78, 5) is 14.2. The molecule has 1 heterocycles. The fourth-order valence-corrected chi connectivity index (χ4v) is 2.89. The van der Waals surface area contributed by atoms with Gasteiger partial charge in [0.2, 0.25) is 5.91 Å². The SMILES string of the molecule is CC(N)C1CCCCN1C(=O)COCCc1ccccc1. The quantitative estimate of drug-likeness (QED) is 0.815. The number of piperidine rings is 1. The summed E-state index contributed by atoms with van der Waals surface area (Å²) in [6.45, 7) is 3.53. The molecule has 21 heavy (non-hydrogen) atoms. The van der Waals surface area contributed by atoms with Gasteiger partial charge in [0, 0.05) is 18.6 Å². The number of nitrogens with two attached hydrogens (primary N) is 1. The third kappa shape index (κ3) is 4.83. The first-order chi connectivity index (χ1) is 10.2. The molecular formula is C17H26N2O2. The summed E-state index contributed by atoms with van der Waals surface area (Å²) in [5.41, 5.74) is 7.22. The summed E-state index contributed by atoms with van der Waals surface area (Å²) in [5.74, 6) is 0.0741. The standard InChI is InChI=1S/C17H26N2O2/c1-14(18)16-9-5-6-11-19(16)17(20)13-21-12-10-15-7-3-2-4-8-15/h2-4,7-8,14,16H,5-6,9-13,18H2,1H3. The van der Waals surface area contributed by atoms with Gasteiger partial charge in [0.25, 0.3) is 0 Å². The molecule has 2 atom stereocenters. The second kappa shape index (κ2) is 8.15. The van der Waals surface area contributed by atoms with E-state index in [1.165, 1.54) is 5.56 Å². The lowest BCUT2D eigenvalue weighted by molar-refractivity contribution is -0.140. The average molecular weight is 290 g/mol. The molecule has 1 aromatic carbocycles. The Labute approximate surface area is 127 Å². The van der Waals surface area contributed by atoms with Crippen LogP contribution in [0.1, 0.15) is 31.7 Å². The van der Waals surface area contributed by atoms with E-state index in [1.54, 1.807) is 0 Å². The van der Waals surface area contributed by atoms with E-state index in [0.29, 0.717) is 6.61 Å². The molecule has 0 bridgehead atoms. The van der Waals surface area contributed by atoms with Crippen molar-refractivity contribution in [3.8, 4) is 0 Å². The summed E-state index contributed by atoms with van der Waals surface area (Å²) in [6.07, 6.45) is 4.07. The number of benzene rings is 1. The van der Waals surface area contributed by atoms with E-state index >= 15 is 0 Å². The summed E-state index contributed by atoms with van der Waals surface area (Å²) in [6, 6.07) is 10.4. The van der Waals surface area contributed by atoms with Crippen LogP contribution in [0.2, 0.25) is 0 Å². The van der Waals surface area contributed by atoms with Crippen LogP contribution in [-0.2, 0) is 16.0 Å². The molecule has 4 heteroatoms. The molecule has 0 aliphatic carbocycles. The lowest BCUT2D eigenvalue weighted by Gasteiger charge is -2.38. The average Bonchev–Trinajstić information content (AvgIpc) is 2.52. The van der Waals surface area contributed by atoms with Gasteiger partial charge in [-0.25, -0.2) is 0 Å². The van der Waals surface area contributed by atoms with Crippen molar-refractivity contribution in [3.63, 3.8) is 0 Å². The van der Waals surface area contributed by atoms with Crippen molar-refractivity contribution in [1.82, 2.24) is 4.90 Å². The Morgan fingerprint density at radius 3 is 2.86 bits per heavy atom. The van der Waals surface area contributed by atoms with Gasteiger partial charge >= 0.3 is 0 Å². The Bertz CT molecular complexity index is 434. The summed E-state index contributed by atoms with van der Waals surface area (Å²) in [5, 5.41) is 0. The highest BCUT2D eigenvalue weighted by molar-refractivity contribution is 5.78. The molecule has 1 saturated heterocycles. The zero-order valence-electron chi connectivity index (χ0n) is 12.8. The molecule has 1 amide bonds. The molecule has 4 nitrogen and oxygen atoms in total. The zero-order chi connectivity index (χ0) is 15.1. The molecule has 2 N–H and O–H groups in total. The smallest absolute Gasteiger partial charge is 0.248 e. The minimum atomic E-state index is 0.0265. The monoisotopic (exact) mass is 290 g/mol. The lowest BCUT2D eigenvalue weighted by atomic mass is 9.97. The maximum Gasteiger partial charge on any atom is 0.248 e. The van der Waals surface area contributed by atoms with Gasteiger partial charge < -0.3 is 15.4 Å². The van der Waals surface area contributed by atoms with Crippen LogP contribution < -0.4 is 5.73 Å². The number of carbonyl (C=O) groups excluding carboxylic acids is 1. The topological polar surface area (TPSA) is 55.6 Å². The molecule has 0 spiro atoms. The maximum atomic E-state index is 12.3. The number of nitrogens with zero attached hydrogens (tertiary/aromatic N) is 1. The fourth-order valence-electron chi connectivity index (χ4n) is 2.89. The highest BCUT2D eigenvalue weighted by atomic mass is 16.5. The van der Waals surface area contributed by atoms with E-state index < -0.39 is 0 Å². The van der Waals surface area contributed by atoms with Crippen LogP contribution in [0.5, 0.6) is 0 Å².